The number of ether oxygens (including phenoxy) is 2. The van der Waals surface area contributed by atoms with Crippen LogP contribution in [0, 0.1) is 0 Å². The van der Waals surface area contributed by atoms with Gasteiger partial charge in [-0.1, -0.05) is 120 Å². The lowest BCUT2D eigenvalue weighted by atomic mass is 10.0. The fourth-order valence-corrected chi connectivity index (χ4v) is 6.16. The molecule has 11 heteroatoms. The highest BCUT2D eigenvalue weighted by molar-refractivity contribution is 7.45. The molecule has 0 aromatic rings. The molecule has 0 amide bonds. The van der Waals surface area contributed by atoms with Crippen molar-refractivity contribution in [1.82, 2.24) is 0 Å². The van der Waals surface area contributed by atoms with Crippen molar-refractivity contribution in [2.24, 2.45) is 0 Å². The number of aliphatic hydroxyl groups excluding tert-OH is 2. The van der Waals surface area contributed by atoms with Crippen LogP contribution in [-0.2, 0) is 27.9 Å². The van der Waals surface area contributed by atoms with Crippen LogP contribution in [0.4, 0.5) is 0 Å². The first-order valence-electron chi connectivity index (χ1n) is 21.9. The molecule has 0 heterocycles. The Morgan fingerprint density at radius 3 is 1.79 bits per heavy atom. The number of unbranched alkanes of at least 4 members (excludes halogenated alkanes) is 11. The van der Waals surface area contributed by atoms with E-state index in [9.17, 15) is 24.5 Å². The van der Waals surface area contributed by atoms with Gasteiger partial charge >= 0.3 is 5.97 Å². The molecule has 57 heavy (non-hydrogen) atoms. The largest absolute Gasteiger partial charge is 0.756 e. The number of likely N-dealkylation sites (N-methyl/N-ethyl adjacent to an activating group) is 1. The Hall–Kier alpha value is -2.30. The summed E-state index contributed by atoms with van der Waals surface area (Å²) in [5, 5.41) is 20.7. The van der Waals surface area contributed by atoms with Crippen molar-refractivity contribution in [3.8, 4) is 0 Å². The van der Waals surface area contributed by atoms with E-state index in [4.69, 9.17) is 18.5 Å². The molecule has 0 aliphatic carbocycles. The number of phosphoric ester groups is 1. The molecule has 0 aromatic heterocycles. The Balaban J connectivity index is 4.56. The maximum Gasteiger partial charge on any atom is 0.305 e. The van der Waals surface area contributed by atoms with Crippen LogP contribution < -0.4 is 4.89 Å². The molecule has 330 valence electrons. The SMILES string of the molecule is CC/C=C\C/C=C\C/C=C\C/C=C\C[C@H](O)[C@@H](O)CCCC(=O)OC[C@H](COP(=O)([O-])OCC[N+](C)(C)C)O/C=C/CCCCCCCC/C=C\CCCCCC. The van der Waals surface area contributed by atoms with Crippen molar-refractivity contribution >= 4 is 13.8 Å². The Morgan fingerprint density at radius 1 is 0.667 bits per heavy atom. The number of hydrogen-bond donors (Lipinski definition) is 2. The Bertz CT molecular complexity index is 1170. The third kappa shape index (κ3) is 40.3. The Kier molecular flexibility index (Phi) is 36.4. The lowest BCUT2D eigenvalue weighted by Crippen LogP contribution is -2.37. The molecular formula is C46H82NO9P. The minimum Gasteiger partial charge on any atom is -0.756 e. The summed E-state index contributed by atoms with van der Waals surface area (Å²) in [4.78, 5) is 24.9. The van der Waals surface area contributed by atoms with Gasteiger partial charge in [-0.15, -0.1) is 0 Å². The van der Waals surface area contributed by atoms with Gasteiger partial charge in [-0.25, -0.2) is 0 Å². The first-order chi connectivity index (χ1) is 27.4. The third-order valence-corrected chi connectivity index (χ3v) is 10.00. The van der Waals surface area contributed by atoms with Crippen LogP contribution in [0.15, 0.2) is 73.1 Å². The van der Waals surface area contributed by atoms with Crippen molar-refractivity contribution in [3.63, 3.8) is 0 Å². The molecule has 1 unspecified atom stereocenters. The summed E-state index contributed by atoms with van der Waals surface area (Å²) in [5.74, 6) is -0.517. The number of carbonyl (C=O) groups is 1. The van der Waals surface area contributed by atoms with Crippen LogP contribution >= 0.6 is 7.82 Å². The number of rotatable bonds is 39. The zero-order valence-corrected chi connectivity index (χ0v) is 37.4. The molecule has 0 aliphatic heterocycles. The second-order valence-corrected chi connectivity index (χ2v) is 17.1. The number of esters is 1. The molecular weight excluding hydrogens is 741 g/mol. The molecule has 0 saturated heterocycles. The fraction of sp³-hybridized carbons (Fsp3) is 0.717. The number of quaternary nitrogens is 1. The molecule has 4 atom stereocenters. The van der Waals surface area contributed by atoms with E-state index in [-0.39, 0.29) is 32.7 Å². The topological polar surface area (TPSA) is 135 Å². The summed E-state index contributed by atoms with van der Waals surface area (Å²) in [6.07, 6.45) is 41.9. The van der Waals surface area contributed by atoms with Gasteiger partial charge < -0.3 is 38.1 Å². The van der Waals surface area contributed by atoms with E-state index in [1.807, 2.05) is 39.4 Å². The van der Waals surface area contributed by atoms with Gasteiger partial charge in [0.25, 0.3) is 7.82 Å². The van der Waals surface area contributed by atoms with Crippen LogP contribution in [0.5, 0.6) is 0 Å². The second-order valence-electron chi connectivity index (χ2n) is 15.7. The van der Waals surface area contributed by atoms with Crippen molar-refractivity contribution < 1.29 is 47.5 Å². The normalized spacial score (nSPS) is 15.5. The zero-order valence-electron chi connectivity index (χ0n) is 36.5. The van der Waals surface area contributed by atoms with E-state index < -0.39 is 32.1 Å². The third-order valence-electron chi connectivity index (χ3n) is 9.03. The molecule has 2 N–H and O–H groups in total. The monoisotopic (exact) mass is 824 g/mol. The minimum absolute atomic E-state index is 0.0229. The van der Waals surface area contributed by atoms with Crippen LogP contribution in [0.25, 0.3) is 0 Å². The summed E-state index contributed by atoms with van der Waals surface area (Å²) in [7, 11) is 1.19. The van der Waals surface area contributed by atoms with Crippen molar-refractivity contribution in [2.75, 3.05) is 47.5 Å². The molecule has 0 aliphatic rings. The highest BCUT2D eigenvalue weighted by atomic mass is 31.2. The van der Waals surface area contributed by atoms with Gasteiger partial charge in [-0.3, -0.25) is 9.36 Å². The van der Waals surface area contributed by atoms with E-state index in [1.54, 1.807) is 0 Å². The molecule has 0 fully saturated rings. The molecule has 0 saturated carbocycles. The molecule has 0 rings (SSSR count). The number of phosphoric acid groups is 1. The molecule has 0 spiro atoms. The quantitative estimate of drug-likeness (QED) is 0.0155. The van der Waals surface area contributed by atoms with Gasteiger partial charge in [0.1, 0.15) is 19.8 Å². The van der Waals surface area contributed by atoms with Crippen LogP contribution in [0.1, 0.15) is 149 Å². The van der Waals surface area contributed by atoms with Crippen molar-refractivity contribution in [1.29, 1.82) is 0 Å². The van der Waals surface area contributed by atoms with Gasteiger partial charge in [-0.2, -0.15) is 0 Å². The van der Waals surface area contributed by atoms with E-state index in [2.05, 4.69) is 62.5 Å². The molecule has 0 bridgehead atoms. The molecule has 10 nitrogen and oxygen atoms in total. The van der Waals surface area contributed by atoms with Gasteiger partial charge in [0, 0.05) is 6.42 Å². The average Bonchev–Trinajstić information content (AvgIpc) is 3.16. The van der Waals surface area contributed by atoms with Gasteiger partial charge in [0.2, 0.25) is 0 Å². The predicted molar refractivity (Wildman–Crippen MR) is 233 cm³/mol. The van der Waals surface area contributed by atoms with Gasteiger partial charge in [-0.05, 0) is 89.5 Å². The van der Waals surface area contributed by atoms with E-state index in [0.717, 1.165) is 44.9 Å². The molecule has 0 radical (unpaired) electrons. The van der Waals surface area contributed by atoms with E-state index in [1.165, 1.54) is 70.5 Å². The predicted octanol–water partition coefficient (Wildman–Crippen LogP) is 10.4. The van der Waals surface area contributed by atoms with E-state index >= 15 is 0 Å². The average molecular weight is 824 g/mol. The highest BCUT2D eigenvalue weighted by Crippen LogP contribution is 2.38. The fourth-order valence-electron chi connectivity index (χ4n) is 5.43. The summed E-state index contributed by atoms with van der Waals surface area (Å²) >= 11 is 0. The molecule has 0 aromatic carbocycles. The number of aliphatic hydroxyl groups is 2. The van der Waals surface area contributed by atoms with Crippen LogP contribution in [0.3, 0.4) is 0 Å². The summed E-state index contributed by atoms with van der Waals surface area (Å²) in [6.45, 7) is 4.22. The number of allylic oxidation sites excluding steroid dienone is 10. The van der Waals surface area contributed by atoms with Crippen LogP contribution in [0.2, 0.25) is 0 Å². The lowest BCUT2D eigenvalue weighted by Gasteiger charge is -2.28. The highest BCUT2D eigenvalue weighted by Gasteiger charge is 2.20. The Labute approximate surface area is 348 Å². The number of nitrogens with zero attached hydrogens (tertiary/aromatic N) is 1. The standard InChI is InChI=1S/C46H82NO9P/c1-6-8-10-12-14-16-18-20-21-22-23-25-27-29-31-33-39-53-43(42-56-57(51,52)55-40-38-47(3,4)5)41-54-46(50)37-34-36-45(49)44(48)35-32-30-28-26-24-19-17-15-13-11-9-7-2/h9,11,15-18,24,26,30,32-33,39,43-45,48-49H,6-8,10,12-14,19-23,25,27-29,31,34-38,40-42H2,1-5H3/b11-9-,17-15-,18-16-,26-24-,32-30-,39-33+/t43-,44+,45+/m1/s1. The zero-order chi connectivity index (χ0) is 42.3. The minimum atomic E-state index is -4.59. The summed E-state index contributed by atoms with van der Waals surface area (Å²) < 4.78 is 34.1. The summed E-state index contributed by atoms with van der Waals surface area (Å²) in [6, 6.07) is 0. The van der Waals surface area contributed by atoms with Gasteiger partial charge in [0.15, 0.2) is 6.10 Å². The smallest absolute Gasteiger partial charge is 0.305 e. The number of hydrogen-bond acceptors (Lipinski definition) is 9. The Morgan fingerprint density at radius 2 is 1.21 bits per heavy atom. The van der Waals surface area contributed by atoms with Crippen LogP contribution in [-0.4, -0.2) is 86.5 Å². The lowest BCUT2D eigenvalue weighted by molar-refractivity contribution is -0.870. The first-order valence-corrected chi connectivity index (χ1v) is 23.3. The first kappa shape index (κ1) is 54.7. The maximum absolute atomic E-state index is 12.5. The number of carbonyl (C=O) groups excluding carboxylic acids is 1. The van der Waals surface area contributed by atoms with Crippen molar-refractivity contribution in [3.05, 3.63) is 73.1 Å². The van der Waals surface area contributed by atoms with Crippen molar-refractivity contribution in [2.45, 2.75) is 167 Å². The second kappa shape index (κ2) is 37.9. The summed E-state index contributed by atoms with van der Waals surface area (Å²) in [5.41, 5.74) is 0. The van der Waals surface area contributed by atoms with E-state index in [0.29, 0.717) is 23.9 Å². The van der Waals surface area contributed by atoms with Gasteiger partial charge in [0.05, 0.1) is 46.2 Å². The maximum atomic E-state index is 12.5.